The summed E-state index contributed by atoms with van der Waals surface area (Å²) in [5.74, 6) is 1.40. The molecule has 0 bridgehead atoms. The Morgan fingerprint density at radius 1 is 1.19 bits per heavy atom. The predicted octanol–water partition coefficient (Wildman–Crippen LogP) is 1.97. The van der Waals surface area contributed by atoms with Crippen LogP contribution in [0.1, 0.15) is 26.9 Å². The fourth-order valence-corrected chi connectivity index (χ4v) is 7.56. The zero-order valence-electron chi connectivity index (χ0n) is 14.4. The molecule has 2 aliphatic rings. The van der Waals surface area contributed by atoms with Crippen LogP contribution in [-0.2, 0) is 19.4 Å². The maximum Gasteiger partial charge on any atom is 0.338 e. The first-order chi connectivity index (χ1) is 12.4. The van der Waals surface area contributed by atoms with Gasteiger partial charge in [0, 0.05) is 24.6 Å². The van der Waals surface area contributed by atoms with Gasteiger partial charge in [-0.3, -0.25) is 4.79 Å². The second-order valence-electron chi connectivity index (χ2n) is 6.33. The molecule has 6 nitrogen and oxygen atoms in total. The van der Waals surface area contributed by atoms with Crippen molar-refractivity contribution in [2.75, 3.05) is 36.7 Å². The molecule has 2 heterocycles. The number of ether oxygens (including phenoxy) is 1. The molecule has 3 rings (SSSR count). The third kappa shape index (κ3) is 4.75. The van der Waals surface area contributed by atoms with Crippen LogP contribution >= 0.6 is 23.5 Å². The molecule has 142 valence electrons. The van der Waals surface area contributed by atoms with Gasteiger partial charge < -0.3 is 9.64 Å². The minimum atomic E-state index is -3.06. The van der Waals surface area contributed by atoms with E-state index >= 15 is 0 Å². The van der Waals surface area contributed by atoms with E-state index in [4.69, 9.17) is 4.74 Å². The van der Waals surface area contributed by atoms with Crippen LogP contribution < -0.4 is 0 Å². The van der Waals surface area contributed by atoms with E-state index in [0.717, 1.165) is 11.5 Å². The number of thioether (sulfide) groups is 2. The lowest BCUT2D eigenvalue weighted by atomic mass is 10.1. The van der Waals surface area contributed by atoms with Gasteiger partial charge in [-0.2, -0.15) is 0 Å². The predicted molar refractivity (Wildman–Crippen MR) is 104 cm³/mol. The molecular weight excluding hydrogens is 394 g/mol. The molecule has 0 N–H and O–H groups in total. The molecule has 26 heavy (non-hydrogen) atoms. The lowest BCUT2D eigenvalue weighted by Gasteiger charge is -2.23. The van der Waals surface area contributed by atoms with Crippen LogP contribution in [-0.4, -0.2) is 67.9 Å². The molecule has 1 atom stereocenters. The van der Waals surface area contributed by atoms with Crippen LogP contribution in [0, 0.1) is 0 Å². The van der Waals surface area contributed by atoms with Gasteiger partial charge in [0.2, 0.25) is 0 Å². The summed E-state index contributed by atoms with van der Waals surface area (Å²) in [5.41, 5.74) is 1.58. The zero-order chi connectivity index (χ0) is 18.7. The summed E-state index contributed by atoms with van der Waals surface area (Å²) in [6.45, 7) is -0.387. The number of likely N-dealkylation sites (N-methyl/N-ethyl adjacent to an activating group) is 1. The van der Waals surface area contributed by atoms with Crippen molar-refractivity contribution < 1.29 is 22.7 Å². The van der Waals surface area contributed by atoms with Crippen LogP contribution in [0.4, 0.5) is 0 Å². The summed E-state index contributed by atoms with van der Waals surface area (Å²) in [5, 5.41) is 0. The lowest BCUT2D eigenvalue weighted by Crippen LogP contribution is -2.40. The molecule has 2 fully saturated rings. The van der Waals surface area contributed by atoms with Crippen LogP contribution in [0.5, 0.6) is 0 Å². The van der Waals surface area contributed by atoms with Crippen molar-refractivity contribution >= 4 is 45.2 Å². The first-order valence-corrected chi connectivity index (χ1v) is 12.2. The Labute approximate surface area is 162 Å². The molecule has 0 aliphatic carbocycles. The van der Waals surface area contributed by atoms with Crippen molar-refractivity contribution in [3.8, 4) is 0 Å². The van der Waals surface area contributed by atoms with Crippen molar-refractivity contribution in [3.05, 3.63) is 35.4 Å². The fraction of sp³-hybridized carbons (Fsp3) is 0.529. The minimum Gasteiger partial charge on any atom is -0.452 e. The Morgan fingerprint density at radius 3 is 2.42 bits per heavy atom. The van der Waals surface area contributed by atoms with Crippen molar-refractivity contribution in [2.45, 2.75) is 17.0 Å². The standard InChI is InChI=1S/C17H21NO5S3/c1-18(14-6-9-26(21,22)11-14)15(19)10-23-16(20)12-2-4-13(5-3-12)17-24-7-8-25-17/h2-5,14,17H,6-11H2,1H3. The minimum absolute atomic E-state index is 0.0260. The van der Waals surface area contributed by atoms with Gasteiger partial charge in [-0.05, 0) is 24.1 Å². The quantitative estimate of drug-likeness (QED) is 0.680. The highest BCUT2D eigenvalue weighted by Gasteiger charge is 2.33. The molecule has 0 radical (unpaired) electrons. The number of carbonyl (C=O) groups is 2. The van der Waals surface area contributed by atoms with E-state index in [9.17, 15) is 18.0 Å². The second-order valence-corrected chi connectivity index (χ2v) is 11.3. The molecule has 9 heteroatoms. The van der Waals surface area contributed by atoms with E-state index in [1.165, 1.54) is 10.5 Å². The Balaban J connectivity index is 1.51. The van der Waals surface area contributed by atoms with E-state index in [2.05, 4.69) is 0 Å². The number of carbonyl (C=O) groups excluding carboxylic acids is 2. The lowest BCUT2D eigenvalue weighted by molar-refractivity contribution is -0.134. The monoisotopic (exact) mass is 415 g/mol. The van der Waals surface area contributed by atoms with Gasteiger partial charge >= 0.3 is 5.97 Å². The summed E-state index contributed by atoms with van der Waals surface area (Å²) in [6.07, 6.45) is 0.428. The topological polar surface area (TPSA) is 80.8 Å². The van der Waals surface area contributed by atoms with Crippen LogP contribution in [0.25, 0.3) is 0 Å². The zero-order valence-corrected chi connectivity index (χ0v) is 16.9. The number of sulfone groups is 1. The number of hydrogen-bond acceptors (Lipinski definition) is 7. The van der Waals surface area contributed by atoms with Gasteiger partial charge in [0.25, 0.3) is 5.91 Å². The Morgan fingerprint density at radius 2 is 1.85 bits per heavy atom. The fourth-order valence-electron chi connectivity index (χ4n) is 2.92. The van der Waals surface area contributed by atoms with Gasteiger partial charge in [0.15, 0.2) is 16.4 Å². The van der Waals surface area contributed by atoms with Crippen LogP contribution in [0.2, 0.25) is 0 Å². The molecule has 1 aromatic carbocycles. The van der Waals surface area contributed by atoms with Gasteiger partial charge in [0.1, 0.15) is 0 Å². The Bertz CT molecular complexity index is 772. The van der Waals surface area contributed by atoms with E-state index in [1.807, 2.05) is 35.7 Å². The summed E-state index contributed by atoms with van der Waals surface area (Å²) in [4.78, 5) is 25.7. The maximum atomic E-state index is 12.2. The highest BCUT2D eigenvalue weighted by molar-refractivity contribution is 8.19. The number of esters is 1. The molecule has 1 unspecified atom stereocenters. The average molecular weight is 416 g/mol. The second kappa shape index (κ2) is 8.22. The van der Waals surface area contributed by atoms with E-state index in [1.54, 1.807) is 19.2 Å². The largest absolute Gasteiger partial charge is 0.452 e. The Hall–Kier alpha value is -1.19. The van der Waals surface area contributed by atoms with Crippen molar-refractivity contribution in [2.24, 2.45) is 0 Å². The third-order valence-electron chi connectivity index (χ3n) is 4.52. The molecule has 2 saturated heterocycles. The molecule has 0 saturated carbocycles. The first kappa shape index (κ1) is 19.6. The number of hydrogen-bond donors (Lipinski definition) is 0. The van der Waals surface area contributed by atoms with Gasteiger partial charge in [0.05, 0.1) is 21.7 Å². The molecule has 0 spiro atoms. The van der Waals surface area contributed by atoms with Crippen molar-refractivity contribution in [1.29, 1.82) is 0 Å². The summed E-state index contributed by atoms with van der Waals surface area (Å²) >= 11 is 3.79. The Kier molecular flexibility index (Phi) is 6.19. The van der Waals surface area contributed by atoms with Crippen molar-refractivity contribution in [3.63, 3.8) is 0 Å². The summed E-state index contributed by atoms with van der Waals surface area (Å²) < 4.78 is 28.5. The number of nitrogens with zero attached hydrogens (tertiary/aromatic N) is 1. The number of rotatable bonds is 5. The molecule has 2 aliphatic heterocycles. The number of amides is 1. The molecule has 0 aromatic heterocycles. The third-order valence-corrected chi connectivity index (χ3v) is 9.37. The van der Waals surface area contributed by atoms with Crippen molar-refractivity contribution in [1.82, 2.24) is 4.90 Å². The normalized spacial score (nSPS) is 22.3. The van der Waals surface area contributed by atoms with Gasteiger partial charge in [-0.25, -0.2) is 13.2 Å². The summed E-state index contributed by atoms with van der Waals surface area (Å²) in [7, 11) is -1.52. The number of benzene rings is 1. The summed E-state index contributed by atoms with van der Waals surface area (Å²) in [6, 6.07) is 6.93. The van der Waals surface area contributed by atoms with E-state index in [-0.39, 0.29) is 24.2 Å². The maximum absolute atomic E-state index is 12.2. The van der Waals surface area contributed by atoms with E-state index < -0.39 is 21.7 Å². The van der Waals surface area contributed by atoms with E-state index in [0.29, 0.717) is 16.6 Å². The average Bonchev–Trinajstić information content (AvgIpc) is 3.28. The first-order valence-electron chi connectivity index (χ1n) is 8.32. The smallest absolute Gasteiger partial charge is 0.338 e. The molecular formula is C17H21NO5S3. The van der Waals surface area contributed by atoms with Gasteiger partial charge in [-0.15, -0.1) is 23.5 Å². The van der Waals surface area contributed by atoms with Gasteiger partial charge in [-0.1, -0.05) is 12.1 Å². The molecule has 1 aromatic rings. The van der Waals surface area contributed by atoms with Crippen LogP contribution in [0.3, 0.4) is 0 Å². The SMILES string of the molecule is CN(C(=O)COC(=O)c1ccc(C2SCCS2)cc1)C1CCS(=O)(=O)C1. The molecule has 1 amide bonds. The highest BCUT2D eigenvalue weighted by Crippen LogP contribution is 2.45. The highest BCUT2D eigenvalue weighted by atomic mass is 32.2. The van der Waals surface area contributed by atoms with Crippen LogP contribution in [0.15, 0.2) is 24.3 Å².